The fourth-order valence-corrected chi connectivity index (χ4v) is 3.80. The van der Waals surface area contributed by atoms with Crippen LogP contribution >= 0.6 is 11.6 Å². The van der Waals surface area contributed by atoms with Crippen LogP contribution in [-0.2, 0) is 0 Å². The third kappa shape index (κ3) is 1.88. The quantitative estimate of drug-likeness (QED) is 0.328. The van der Waals surface area contributed by atoms with Crippen molar-refractivity contribution in [3.05, 3.63) is 90.0 Å². The lowest BCUT2D eigenvalue weighted by Crippen LogP contribution is -1.88. The maximum atomic E-state index is 6.18. The molecule has 114 valence electrons. The van der Waals surface area contributed by atoms with Crippen molar-refractivity contribution < 1.29 is 0 Å². The Morgan fingerprint density at radius 1 is 0.625 bits per heavy atom. The van der Waals surface area contributed by atoms with Crippen LogP contribution in [0.15, 0.2) is 84.9 Å². The van der Waals surface area contributed by atoms with E-state index in [9.17, 15) is 0 Å². The van der Waals surface area contributed by atoms with E-state index in [1.165, 1.54) is 33.1 Å². The van der Waals surface area contributed by atoms with Crippen LogP contribution in [0.3, 0.4) is 0 Å². The Balaban J connectivity index is 2.04. The predicted octanol–water partition coefficient (Wildman–Crippen LogP) is 6.57. The Morgan fingerprint density at radius 2 is 1.38 bits per heavy atom. The fraction of sp³-hybridized carbons (Fsp3) is 0. The summed E-state index contributed by atoms with van der Waals surface area (Å²) < 4.78 is 2.34. The maximum Gasteiger partial charge on any atom is 0.0547 e. The molecule has 0 unspecified atom stereocenters. The Morgan fingerprint density at radius 3 is 2.25 bits per heavy atom. The monoisotopic (exact) mass is 327 g/mol. The number of para-hydroxylation sites is 1. The Hall–Kier alpha value is -2.77. The van der Waals surface area contributed by atoms with Gasteiger partial charge < -0.3 is 4.40 Å². The molecule has 0 radical (unpaired) electrons. The second-order valence-corrected chi connectivity index (χ2v) is 6.45. The van der Waals surface area contributed by atoms with Gasteiger partial charge >= 0.3 is 0 Å². The van der Waals surface area contributed by atoms with Gasteiger partial charge in [0.15, 0.2) is 0 Å². The molecular weight excluding hydrogens is 314 g/mol. The number of nitrogens with zero attached hydrogens (tertiary/aromatic N) is 1. The molecule has 0 aliphatic rings. The molecule has 1 nitrogen and oxygen atoms in total. The molecular formula is C22H14ClN. The van der Waals surface area contributed by atoms with Crippen LogP contribution in [0.2, 0.25) is 5.02 Å². The molecule has 24 heavy (non-hydrogen) atoms. The van der Waals surface area contributed by atoms with Crippen LogP contribution in [0.4, 0.5) is 0 Å². The molecule has 0 aliphatic carbocycles. The van der Waals surface area contributed by atoms with Gasteiger partial charge in [0.2, 0.25) is 0 Å². The second kappa shape index (κ2) is 5.12. The van der Waals surface area contributed by atoms with Crippen LogP contribution in [0.25, 0.3) is 38.4 Å². The number of fused-ring (bicyclic) bond motifs is 5. The summed E-state index contributed by atoms with van der Waals surface area (Å²) in [6, 6.07) is 29.6. The van der Waals surface area contributed by atoms with E-state index in [4.69, 9.17) is 11.6 Å². The minimum absolute atomic E-state index is 0.765. The number of rotatable bonds is 1. The highest BCUT2D eigenvalue weighted by molar-refractivity contribution is 6.31. The van der Waals surface area contributed by atoms with Crippen molar-refractivity contribution in [2.45, 2.75) is 0 Å². The van der Waals surface area contributed by atoms with Gasteiger partial charge in [0.25, 0.3) is 0 Å². The van der Waals surface area contributed by atoms with Crippen molar-refractivity contribution >= 4 is 38.9 Å². The molecule has 0 aliphatic heterocycles. The van der Waals surface area contributed by atoms with Crippen molar-refractivity contribution in [2.75, 3.05) is 0 Å². The molecule has 5 rings (SSSR count). The Bertz CT molecular complexity index is 1200. The third-order valence-corrected chi connectivity index (χ3v) is 4.86. The topological polar surface area (TPSA) is 4.41 Å². The lowest BCUT2D eigenvalue weighted by molar-refractivity contribution is 1.33. The van der Waals surface area contributed by atoms with Crippen LogP contribution < -0.4 is 0 Å². The Kier molecular flexibility index (Phi) is 2.91. The van der Waals surface area contributed by atoms with Crippen LogP contribution in [0.1, 0.15) is 0 Å². The predicted molar refractivity (Wildman–Crippen MR) is 103 cm³/mol. The molecule has 2 aromatic heterocycles. The summed E-state index contributed by atoms with van der Waals surface area (Å²) in [6.45, 7) is 0. The van der Waals surface area contributed by atoms with Gasteiger partial charge in [-0.1, -0.05) is 66.2 Å². The Labute approximate surface area is 144 Å². The summed E-state index contributed by atoms with van der Waals surface area (Å²) in [5.74, 6) is 0. The molecule has 5 aromatic rings. The molecule has 0 saturated carbocycles. The van der Waals surface area contributed by atoms with Crippen molar-refractivity contribution in [2.24, 2.45) is 0 Å². The first kappa shape index (κ1) is 13.6. The summed E-state index contributed by atoms with van der Waals surface area (Å²) in [4.78, 5) is 0. The number of pyridine rings is 1. The molecule has 2 heteroatoms. The van der Waals surface area contributed by atoms with Gasteiger partial charge in [-0.05, 0) is 35.9 Å². The van der Waals surface area contributed by atoms with Crippen molar-refractivity contribution in [3.63, 3.8) is 0 Å². The first-order valence-electron chi connectivity index (χ1n) is 8.00. The molecule has 0 atom stereocenters. The highest BCUT2D eigenvalue weighted by Gasteiger charge is 2.14. The standard InChI is InChI=1S/C22H14ClN/c23-17-11-13-19-16(14-17)10-12-21-22(15-6-2-1-3-7-15)18-8-4-5-9-20(18)24(19)21/h1-14H. The highest BCUT2D eigenvalue weighted by atomic mass is 35.5. The van der Waals surface area contributed by atoms with Crippen molar-refractivity contribution in [1.29, 1.82) is 0 Å². The molecule has 0 fully saturated rings. The smallest absolute Gasteiger partial charge is 0.0547 e. The van der Waals surface area contributed by atoms with E-state index in [1.807, 2.05) is 12.1 Å². The minimum Gasteiger partial charge on any atom is -0.309 e. The van der Waals surface area contributed by atoms with E-state index in [2.05, 4.69) is 77.2 Å². The summed E-state index contributed by atoms with van der Waals surface area (Å²) in [5, 5.41) is 3.18. The average molecular weight is 328 g/mol. The summed E-state index contributed by atoms with van der Waals surface area (Å²) in [7, 11) is 0. The number of hydrogen-bond donors (Lipinski definition) is 0. The van der Waals surface area contributed by atoms with Gasteiger partial charge in [-0.15, -0.1) is 0 Å². The summed E-state index contributed by atoms with van der Waals surface area (Å²) in [5.41, 5.74) is 6.14. The van der Waals surface area contributed by atoms with Gasteiger partial charge in [0, 0.05) is 21.4 Å². The summed E-state index contributed by atoms with van der Waals surface area (Å²) >= 11 is 6.18. The van der Waals surface area contributed by atoms with Gasteiger partial charge in [0.05, 0.1) is 16.6 Å². The average Bonchev–Trinajstić information content (AvgIpc) is 2.97. The zero-order chi connectivity index (χ0) is 16.1. The van der Waals surface area contributed by atoms with Crippen LogP contribution in [0.5, 0.6) is 0 Å². The number of hydrogen-bond acceptors (Lipinski definition) is 0. The van der Waals surface area contributed by atoms with Gasteiger partial charge in [-0.25, -0.2) is 0 Å². The van der Waals surface area contributed by atoms with E-state index >= 15 is 0 Å². The first-order valence-corrected chi connectivity index (χ1v) is 8.37. The second-order valence-electron chi connectivity index (χ2n) is 6.02. The van der Waals surface area contributed by atoms with Gasteiger partial charge in [-0.3, -0.25) is 0 Å². The zero-order valence-electron chi connectivity index (χ0n) is 12.9. The zero-order valence-corrected chi connectivity index (χ0v) is 13.7. The minimum atomic E-state index is 0.765. The van der Waals surface area contributed by atoms with Gasteiger partial charge in [0.1, 0.15) is 0 Å². The molecule has 0 bridgehead atoms. The SMILES string of the molecule is Clc1ccc2c(ccc3c(-c4ccccc4)c4ccccc4n32)c1. The number of aromatic nitrogens is 1. The largest absolute Gasteiger partial charge is 0.309 e. The summed E-state index contributed by atoms with van der Waals surface area (Å²) in [6.07, 6.45) is 0. The molecule has 3 aromatic carbocycles. The molecule has 0 saturated heterocycles. The highest BCUT2D eigenvalue weighted by Crippen LogP contribution is 2.37. The number of halogens is 1. The van der Waals surface area contributed by atoms with E-state index in [0.717, 1.165) is 10.4 Å². The maximum absolute atomic E-state index is 6.18. The van der Waals surface area contributed by atoms with Crippen molar-refractivity contribution in [3.8, 4) is 11.1 Å². The third-order valence-electron chi connectivity index (χ3n) is 4.63. The normalized spacial score (nSPS) is 11.5. The lowest BCUT2D eigenvalue weighted by Gasteiger charge is -2.06. The van der Waals surface area contributed by atoms with Crippen molar-refractivity contribution in [1.82, 2.24) is 4.40 Å². The van der Waals surface area contributed by atoms with E-state index in [-0.39, 0.29) is 0 Å². The molecule has 0 N–H and O–H groups in total. The van der Waals surface area contributed by atoms with Gasteiger partial charge in [-0.2, -0.15) is 0 Å². The number of benzene rings is 3. The van der Waals surface area contributed by atoms with Crippen LogP contribution in [0, 0.1) is 0 Å². The van der Waals surface area contributed by atoms with E-state index in [0.29, 0.717) is 0 Å². The molecule has 2 heterocycles. The van der Waals surface area contributed by atoms with E-state index in [1.54, 1.807) is 0 Å². The van der Waals surface area contributed by atoms with Crippen LogP contribution in [-0.4, -0.2) is 4.40 Å². The molecule has 0 spiro atoms. The molecule has 0 amide bonds. The first-order chi connectivity index (χ1) is 11.8. The van der Waals surface area contributed by atoms with E-state index < -0.39 is 0 Å². The fourth-order valence-electron chi connectivity index (χ4n) is 3.62. The lowest BCUT2D eigenvalue weighted by atomic mass is 10.0.